The second-order valence-corrected chi connectivity index (χ2v) is 6.65. The minimum absolute atomic E-state index is 0.0355. The maximum Gasteiger partial charge on any atom is 0.246 e. The number of amides is 2. The fourth-order valence-corrected chi connectivity index (χ4v) is 3.57. The summed E-state index contributed by atoms with van der Waals surface area (Å²) in [6, 6.07) is 7.66. The molecule has 1 fully saturated rings. The monoisotopic (exact) mass is 332 g/mol. The number of nitrogens with zero attached hydrogens (tertiary/aromatic N) is 1. The zero-order valence-electron chi connectivity index (χ0n) is 14.2. The Hall–Kier alpha value is -2.08. The van der Waals surface area contributed by atoms with Gasteiger partial charge in [-0.15, -0.1) is 0 Å². The van der Waals surface area contributed by atoms with Crippen LogP contribution in [0.5, 0.6) is 5.75 Å². The van der Waals surface area contributed by atoms with Gasteiger partial charge in [-0.05, 0) is 12.5 Å². The molecule has 0 bridgehead atoms. The third-order valence-electron chi connectivity index (χ3n) is 4.93. The van der Waals surface area contributed by atoms with E-state index >= 15 is 0 Å². The first-order chi connectivity index (χ1) is 11.5. The van der Waals surface area contributed by atoms with E-state index in [1.54, 1.807) is 4.90 Å². The van der Waals surface area contributed by atoms with Crippen molar-refractivity contribution in [2.75, 3.05) is 27.3 Å². The number of fused-ring (bicyclic) bond motifs is 1. The Labute approximate surface area is 142 Å². The Morgan fingerprint density at radius 3 is 3.00 bits per heavy atom. The Morgan fingerprint density at radius 1 is 1.42 bits per heavy atom. The van der Waals surface area contributed by atoms with Gasteiger partial charge in [-0.2, -0.15) is 0 Å². The van der Waals surface area contributed by atoms with E-state index in [0.717, 1.165) is 17.7 Å². The summed E-state index contributed by atoms with van der Waals surface area (Å²) >= 11 is 0. The molecule has 1 saturated heterocycles. The molecule has 2 aliphatic heterocycles. The van der Waals surface area contributed by atoms with Crippen molar-refractivity contribution in [3.8, 4) is 5.75 Å². The summed E-state index contributed by atoms with van der Waals surface area (Å²) in [4.78, 5) is 25.8. The summed E-state index contributed by atoms with van der Waals surface area (Å²) in [5.41, 5.74) is 0.566. The average molecular weight is 332 g/mol. The van der Waals surface area contributed by atoms with E-state index in [1.165, 1.54) is 7.11 Å². The Kier molecular flexibility index (Phi) is 4.76. The van der Waals surface area contributed by atoms with Gasteiger partial charge in [0.15, 0.2) is 0 Å². The number of nitrogens with one attached hydrogen (secondary N) is 1. The van der Waals surface area contributed by atoms with Crippen LogP contribution in [-0.2, 0) is 14.3 Å². The molecule has 0 aromatic heterocycles. The molecule has 0 saturated carbocycles. The Balaban J connectivity index is 1.86. The van der Waals surface area contributed by atoms with Crippen molar-refractivity contribution in [1.29, 1.82) is 0 Å². The molecule has 2 atom stereocenters. The summed E-state index contributed by atoms with van der Waals surface area (Å²) < 4.78 is 11.3. The third-order valence-corrected chi connectivity index (χ3v) is 4.93. The van der Waals surface area contributed by atoms with Gasteiger partial charge >= 0.3 is 0 Å². The number of ether oxygens (including phenoxy) is 2. The molecule has 6 nitrogen and oxygen atoms in total. The van der Waals surface area contributed by atoms with Crippen molar-refractivity contribution in [2.24, 2.45) is 0 Å². The number of hydrogen-bond acceptors (Lipinski definition) is 4. The Bertz CT molecular complexity index is 633. The van der Waals surface area contributed by atoms with Crippen molar-refractivity contribution >= 4 is 11.8 Å². The lowest BCUT2D eigenvalue weighted by atomic mass is 9.82. The molecule has 0 radical (unpaired) electrons. The van der Waals surface area contributed by atoms with Crippen LogP contribution in [0.3, 0.4) is 0 Å². The van der Waals surface area contributed by atoms with E-state index < -0.39 is 5.60 Å². The fraction of sp³-hybridized carbons (Fsp3) is 0.556. The highest BCUT2D eigenvalue weighted by Gasteiger charge is 2.43. The highest BCUT2D eigenvalue weighted by atomic mass is 16.5. The molecule has 1 aromatic carbocycles. The van der Waals surface area contributed by atoms with Gasteiger partial charge < -0.3 is 19.7 Å². The van der Waals surface area contributed by atoms with Gasteiger partial charge in [0, 0.05) is 45.5 Å². The largest absolute Gasteiger partial charge is 0.487 e. The molecule has 2 amide bonds. The molecule has 2 heterocycles. The van der Waals surface area contributed by atoms with Crippen LogP contribution in [0.1, 0.15) is 37.3 Å². The molecule has 1 N–H and O–H groups in total. The molecule has 130 valence electrons. The summed E-state index contributed by atoms with van der Waals surface area (Å²) in [5.74, 6) is 0.800. The predicted octanol–water partition coefficient (Wildman–Crippen LogP) is 1.65. The number of benzene rings is 1. The molecule has 1 aromatic rings. The average Bonchev–Trinajstić information content (AvgIpc) is 2.69. The molecule has 1 spiro atoms. The van der Waals surface area contributed by atoms with Crippen LogP contribution in [0.15, 0.2) is 24.3 Å². The smallest absolute Gasteiger partial charge is 0.246 e. The van der Waals surface area contributed by atoms with Crippen LogP contribution >= 0.6 is 0 Å². The van der Waals surface area contributed by atoms with Crippen LogP contribution in [0.25, 0.3) is 0 Å². The standard InChI is InChI=1S/C18H24N2O4/c1-20-10-9-18(8-7-17(20)22)11-14(19-16(21)12-23-2)13-5-3-4-6-15(13)24-18/h3-6,14H,7-12H2,1-2H3,(H,19,21)/t14-,18+/m1/s1. The van der Waals surface area contributed by atoms with Crippen molar-refractivity contribution in [2.45, 2.75) is 37.3 Å². The molecule has 0 unspecified atom stereocenters. The normalized spacial score (nSPS) is 26.5. The number of likely N-dealkylation sites (tertiary alicyclic amines) is 1. The molecular weight excluding hydrogens is 308 g/mol. The lowest BCUT2D eigenvalue weighted by molar-refractivity contribution is -0.129. The number of para-hydroxylation sites is 1. The highest BCUT2D eigenvalue weighted by molar-refractivity contribution is 5.78. The van der Waals surface area contributed by atoms with E-state index in [0.29, 0.717) is 25.8 Å². The van der Waals surface area contributed by atoms with Crippen molar-refractivity contribution < 1.29 is 19.1 Å². The summed E-state index contributed by atoms with van der Waals surface area (Å²) in [6.45, 7) is 0.702. The van der Waals surface area contributed by atoms with Crippen LogP contribution in [0.4, 0.5) is 0 Å². The number of hydrogen-bond donors (Lipinski definition) is 1. The number of carbonyl (C=O) groups is 2. The lowest BCUT2D eigenvalue weighted by Gasteiger charge is -2.42. The first-order valence-electron chi connectivity index (χ1n) is 8.33. The van der Waals surface area contributed by atoms with Crippen LogP contribution < -0.4 is 10.1 Å². The molecular formula is C18H24N2O4. The van der Waals surface area contributed by atoms with Gasteiger partial charge in [-0.25, -0.2) is 0 Å². The van der Waals surface area contributed by atoms with Gasteiger partial charge in [0.25, 0.3) is 0 Å². The van der Waals surface area contributed by atoms with Gasteiger partial charge in [-0.1, -0.05) is 18.2 Å². The van der Waals surface area contributed by atoms with Gasteiger partial charge in [0.2, 0.25) is 11.8 Å². The SMILES string of the molecule is COCC(=O)N[C@@H]1C[C@@]2(CCC(=O)N(C)CC2)Oc2ccccc21. The molecule has 24 heavy (non-hydrogen) atoms. The molecule has 0 aliphatic carbocycles. The van der Waals surface area contributed by atoms with E-state index in [-0.39, 0.29) is 24.5 Å². The van der Waals surface area contributed by atoms with Crippen molar-refractivity contribution in [3.63, 3.8) is 0 Å². The first-order valence-corrected chi connectivity index (χ1v) is 8.33. The second-order valence-electron chi connectivity index (χ2n) is 6.65. The van der Waals surface area contributed by atoms with Crippen molar-refractivity contribution in [3.05, 3.63) is 29.8 Å². The Morgan fingerprint density at radius 2 is 2.21 bits per heavy atom. The van der Waals surface area contributed by atoms with Crippen LogP contribution in [-0.4, -0.2) is 49.6 Å². The lowest BCUT2D eigenvalue weighted by Crippen LogP contribution is -2.46. The van der Waals surface area contributed by atoms with Gasteiger partial charge in [-0.3, -0.25) is 9.59 Å². The number of carbonyl (C=O) groups excluding carboxylic acids is 2. The number of methoxy groups -OCH3 is 1. The maximum absolute atomic E-state index is 12.0. The highest BCUT2D eigenvalue weighted by Crippen LogP contribution is 2.44. The van der Waals surface area contributed by atoms with E-state index in [2.05, 4.69) is 5.32 Å². The molecule has 2 aliphatic rings. The molecule has 6 heteroatoms. The van der Waals surface area contributed by atoms with Crippen LogP contribution in [0, 0.1) is 0 Å². The van der Waals surface area contributed by atoms with E-state index in [4.69, 9.17) is 9.47 Å². The quantitative estimate of drug-likeness (QED) is 0.914. The number of rotatable bonds is 3. The third kappa shape index (κ3) is 3.38. The minimum Gasteiger partial charge on any atom is -0.487 e. The summed E-state index contributed by atoms with van der Waals surface area (Å²) in [7, 11) is 3.34. The minimum atomic E-state index is -0.417. The predicted molar refractivity (Wildman–Crippen MR) is 88.7 cm³/mol. The second kappa shape index (κ2) is 6.81. The van der Waals surface area contributed by atoms with E-state index in [1.807, 2.05) is 31.3 Å². The zero-order chi connectivity index (χ0) is 17.2. The topological polar surface area (TPSA) is 67.9 Å². The summed E-state index contributed by atoms with van der Waals surface area (Å²) in [5, 5.41) is 3.05. The van der Waals surface area contributed by atoms with Crippen molar-refractivity contribution in [1.82, 2.24) is 10.2 Å². The van der Waals surface area contributed by atoms with Gasteiger partial charge in [0.1, 0.15) is 18.0 Å². The summed E-state index contributed by atoms with van der Waals surface area (Å²) in [6.07, 6.45) is 2.57. The maximum atomic E-state index is 12.0. The first kappa shape index (κ1) is 16.8. The van der Waals surface area contributed by atoms with E-state index in [9.17, 15) is 9.59 Å². The fourth-order valence-electron chi connectivity index (χ4n) is 3.57. The zero-order valence-corrected chi connectivity index (χ0v) is 14.2. The molecule has 3 rings (SSSR count). The van der Waals surface area contributed by atoms with Gasteiger partial charge in [0.05, 0.1) is 6.04 Å². The van der Waals surface area contributed by atoms with Crippen LogP contribution in [0.2, 0.25) is 0 Å².